The number of ether oxygens (including phenoxy) is 1. The van der Waals surface area contributed by atoms with Crippen molar-refractivity contribution in [3.63, 3.8) is 0 Å². The van der Waals surface area contributed by atoms with Gasteiger partial charge in [-0.2, -0.15) is 0 Å². The first-order valence-electron chi connectivity index (χ1n) is 9.14. The third-order valence-corrected chi connectivity index (χ3v) is 6.81. The van der Waals surface area contributed by atoms with E-state index in [1.165, 1.54) is 28.0 Å². The zero-order valence-electron chi connectivity index (χ0n) is 15.8. The second-order valence-corrected chi connectivity index (χ2v) is 8.88. The molecule has 1 aliphatic rings. The second-order valence-electron chi connectivity index (χ2n) is 6.46. The predicted molar refractivity (Wildman–Crippen MR) is 106 cm³/mol. The molecule has 2 aromatic heterocycles. The van der Waals surface area contributed by atoms with E-state index in [2.05, 4.69) is 15.5 Å². The van der Waals surface area contributed by atoms with Crippen LogP contribution in [-0.4, -0.2) is 38.5 Å². The van der Waals surface area contributed by atoms with E-state index in [0.29, 0.717) is 22.3 Å². The molecule has 1 atom stereocenters. The molecule has 0 bridgehead atoms. The van der Waals surface area contributed by atoms with Crippen LogP contribution in [0.1, 0.15) is 53.9 Å². The maximum absolute atomic E-state index is 12.7. The van der Waals surface area contributed by atoms with Gasteiger partial charge in [-0.3, -0.25) is 4.79 Å². The number of anilines is 1. The van der Waals surface area contributed by atoms with Gasteiger partial charge < -0.3 is 14.6 Å². The number of hydrogen-bond acceptors (Lipinski definition) is 7. The Balaban J connectivity index is 1.81. The average molecular weight is 409 g/mol. The van der Waals surface area contributed by atoms with Gasteiger partial charge in [-0.1, -0.05) is 18.2 Å². The highest BCUT2D eigenvalue weighted by Crippen LogP contribution is 2.38. The minimum absolute atomic E-state index is 0.162. The van der Waals surface area contributed by atoms with Crippen LogP contribution >= 0.6 is 23.1 Å². The number of fused-ring (bicyclic) bond motifs is 1. The van der Waals surface area contributed by atoms with Crippen molar-refractivity contribution < 1.29 is 14.3 Å². The number of thioether (sulfide) groups is 1. The lowest BCUT2D eigenvalue weighted by molar-refractivity contribution is -0.115. The maximum Gasteiger partial charge on any atom is 0.341 e. The molecule has 2 aromatic rings. The molecule has 0 fully saturated rings. The summed E-state index contributed by atoms with van der Waals surface area (Å²) in [6.45, 7) is 3.92. The summed E-state index contributed by atoms with van der Waals surface area (Å²) in [6, 6.07) is 0. The maximum atomic E-state index is 12.7. The fourth-order valence-electron chi connectivity index (χ4n) is 3.05. The van der Waals surface area contributed by atoms with Gasteiger partial charge in [0.25, 0.3) is 0 Å². The van der Waals surface area contributed by atoms with E-state index in [0.717, 1.165) is 37.7 Å². The van der Waals surface area contributed by atoms with Gasteiger partial charge in [0.15, 0.2) is 5.16 Å². The van der Waals surface area contributed by atoms with Crippen molar-refractivity contribution in [1.82, 2.24) is 14.8 Å². The number of aryl methyl sites for hydroxylation is 2. The van der Waals surface area contributed by atoms with E-state index in [4.69, 9.17) is 4.74 Å². The van der Waals surface area contributed by atoms with E-state index in [1.54, 1.807) is 17.8 Å². The zero-order chi connectivity index (χ0) is 19.4. The minimum Gasteiger partial charge on any atom is -0.462 e. The average Bonchev–Trinajstić information content (AvgIpc) is 3.10. The Bertz CT molecular complexity index is 831. The molecule has 0 aromatic carbocycles. The van der Waals surface area contributed by atoms with Crippen molar-refractivity contribution in [2.45, 2.75) is 56.4 Å². The lowest BCUT2D eigenvalue weighted by Gasteiger charge is -2.12. The third kappa shape index (κ3) is 4.52. The zero-order valence-corrected chi connectivity index (χ0v) is 17.4. The molecule has 2 heterocycles. The lowest BCUT2D eigenvalue weighted by Crippen LogP contribution is -2.23. The van der Waals surface area contributed by atoms with Gasteiger partial charge in [0.2, 0.25) is 5.91 Å². The Kier molecular flexibility index (Phi) is 6.54. The molecule has 1 aliphatic carbocycles. The number of esters is 1. The second kappa shape index (κ2) is 8.88. The van der Waals surface area contributed by atoms with Gasteiger partial charge in [-0.15, -0.1) is 21.5 Å². The first kappa shape index (κ1) is 19.9. The van der Waals surface area contributed by atoms with E-state index < -0.39 is 0 Å². The molecule has 0 spiro atoms. The Morgan fingerprint density at radius 2 is 2.15 bits per heavy atom. The quantitative estimate of drug-likeness (QED) is 0.448. The topological polar surface area (TPSA) is 86.1 Å². The smallest absolute Gasteiger partial charge is 0.341 e. The van der Waals surface area contributed by atoms with Crippen molar-refractivity contribution in [3.05, 3.63) is 22.3 Å². The van der Waals surface area contributed by atoms with Crippen molar-refractivity contribution in [1.29, 1.82) is 0 Å². The highest BCUT2D eigenvalue weighted by Gasteiger charge is 2.28. The normalized spacial score (nSPS) is 14.9. The van der Waals surface area contributed by atoms with Crippen LogP contribution in [0.4, 0.5) is 5.00 Å². The number of nitrogens with zero attached hydrogens (tertiary/aromatic N) is 3. The summed E-state index contributed by atoms with van der Waals surface area (Å²) >= 11 is 2.84. The predicted octanol–water partition coefficient (Wildman–Crippen LogP) is 3.44. The summed E-state index contributed by atoms with van der Waals surface area (Å²) in [6.07, 6.45) is 6.74. The van der Waals surface area contributed by atoms with Crippen molar-refractivity contribution in [3.8, 4) is 0 Å². The van der Waals surface area contributed by atoms with E-state index in [9.17, 15) is 9.59 Å². The molecule has 7 nitrogen and oxygen atoms in total. The number of carbonyl (C=O) groups is 2. The molecule has 0 aliphatic heterocycles. The first-order chi connectivity index (χ1) is 13.0. The van der Waals surface area contributed by atoms with Crippen molar-refractivity contribution >= 4 is 40.0 Å². The molecule has 1 N–H and O–H groups in total. The molecular weight excluding hydrogens is 384 g/mol. The highest BCUT2D eigenvalue weighted by molar-refractivity contribution is 8.00. The van der Waals surface area contributed by atoms with E-state index in [-0.39, 0.29) is 17.1 Å². The number of nitrogens with one attached hydrogen (secondary N) is 1. The SMILES string of the molecule is CCOC(=O)c1c(NC(=O)C(C)Sc2nncn2C)sc2c1CCCCC2. The minimum atomic E-state index is -0.371. The molecular formula is C18H24N4O3S2. The standard InChI is InChI=1S/C18H24N4O3S2/c1-4-25-17(24)14-12-8-6-5-7-9-13(12)27-16(14)20-15(23)11(2)26-18-21-19-10-22(18)3/h10-11H,4-9H2,1-3H3,(H,20,23). The Morgan fingerprint density at radius 1 is 1.37 bits per heavy atom. The number of rotatable bonds is 6. The van der Waals surface area contributed by atoms with Gasteiger partial charge in [0.05, 0.1) is 17.4 Å². The van der Waals surface area contributed by atoms with Gasteiger partial charge in [-0.25, -0.2) is 4.79 Å². The van der Waals surface area contributed by atoms with Gasteiger partial charge in [-0.05, 0) is 45.1 Å². The summed E-state index contributed by atoms with van der Waals surface area (Å²) in [7, 11) is 1.84. The largest absolute Gasteiger partial charge is 0.462 e. The molecule has 27 heavy (non-hydrogen) atoms. The van der Waals surface area contributed by atoms with Crippen LogP contribution in [0.5, 0.6) is 0 Å². The summed E-state index contributed by atoms with van der Waals surface area (Å²) in [5, 5.41) is 11.7. The summed E-state index contributed by atoms with van der Waals surface area (Å²) in [4.78, 5) is 26.5. The first-order valence-corrected chi connectivity index (χ1v) is 10.8. The molecule has 1 amide bonds. The number of aromatic nitrogens is 3. The molecule has 0 saturated heterocycles. The van der Waals surface area contributed by atoms with Crippen LogP contribution in [0.2, 0.25) is 0 Å². The van der Waals surface area contributed by atoms with Crippen LogP contribution in [0.15, 0.2) is 11.5 Å². The van der Waals surface area contributed by atoms with Crippen LogP contribution in [0, 0.1) is 0 Å². The number of thiophene rings is 1. The Hall–Kier alpha value is -1.87. The molecule has 9 heteroatoms. The van der Waals surface area contributed by atoms with Crippen molar-refractivity contribution in [2.24, 2.45) is 7.05 Å². The van der Waals surface area contributed by atoms with Crippen molar-refractivity contribution in [2.75, 3.05) is 11.9 Å². The number of carbonyl (C=O) groups excluding carboxylic acids is 2. The monoisotopic (exact) mass is 408 g/mol. The highest BCUT2D eigenvalue weighted by atomic mass is 32.2. The summed E-state index contributed by atoms with van der Waals surface area (Å²) in [5.41, 5.74) is 1.60. The van der Waals surface area contributed by atoms with Crippen LogP contribution in [-0.2, 0) is 29.4 Å². The Morgan fingerprint density at radius 3 is 2.85 bits per heavy atom. The number of amides is 1. The van der Waals surface area contributed by atoms with Crippen LogP contribution < -0.4 is 5.32 Å². The van der Waals surface area contributed by atoms with Gasteiger partial charge >= 0.3 is 5.97 Å². The van der Waals surface area contributed by atoms with Gasteiger partial charge in [0, 0.05) is 11.9 Å². The molecule has 0 radical (unpaired) electrons. The van der Waals surface area contributed by atoms with E-state index in [1.807, 2.05) is 14.0 Å². The number of hydrogen-bond donors (Lipinski definition) is 1. The fraction of sp³-hybridized carbons (Fsp3) is 0.556. The van der Waals surface area contributed by atoms with Gasteiger partial charge in [0.1, 0.15) is 11.3 Å². The lowest BCUT2D eigenvalue weighted by atomic mass is 10.1. The molecule has 1 unspecified atom stereocenters. The van der Waals surface area contributed by atoms with Crippen LogP contribution in [0.3, 0.4) is 0 Å². The molecule has 0 saturated carbocycles. The Labute approximate surface area is 166 Å². The third-order valence-electron chi connectivity index (χ3n) is 4.46. The molecule has 3 rings (SSSR count). The van der Waals surface area contributed by atoms with E-state index >= 15 is 0 Å². The summed E-state index contributed by atoms with van der Waals surface area (Å²) < 4.78 is 7.04. The van der Waals surface area contributed by atoms with Crippen LogP contribution in [0.25, 0.3) is 0 Å². The fourth-order valence-corrected chi connectivity index (χ4v) is 5.12. The summed E-state index contributed by atoms with van der Waals surface area (Å²) in [5.74, 6) is -0.509. The molecule has 146 valence electrons.